The number of hydrogen-bond acceptors (Lipinski definition) is 1. The van der Waals surface area contributed by atoms with Gasteiger partial charge < -0.3 is 0 Å². The predicted molar refractivity (Wildman–Crippen MR) is 73.0 cm³/mol. The Morgan fingerprint density at radius 2 is 2.11 bits per heavy atom. The lowest BCUT2D eigenvalue weighted by Crippen LogP contribution is -2.42. The Morgan fingerprint density at radius 3 is 2.78 bits per heavy atom. The standard InChI is InChI=1S/C16H24NO/c1-11(18)15-12-8-9-13(10-12)16(15)17(2)14-6-4-3-5-7-14/h4,6,12-13,15-16H,3,5,7-10H2,1-2H3/q+1. The van der Waals surface area contributed by atoms with E-state index in [9.17, 15) is 4.79 Å². The van der Waals surface area contributed by atoms with Crippen molar-refractivity contribution in [3.8, 4) is 0 Å². The van der Waals surface area contributed by atoms with Gasteiger partial charge in [0.15, 0.2) is 11.8 Å². The van der Waals surface area contributed by atoms with E-state index >= 15 is 0 Å². The fraction of sp³-hybridized carbons (Fsp3) is 0.750. The maximum absolute atomic E-state index is 12.0. The molecule has 0 spiro atoms. The van der Waals surface area contributed by atoms with E-state index in [1.807, 2.05) is 0 Å². The minimum absolute atomic E-state index is 0.302. The summed E-state index contributed by atoms with van der Waals surface area (Å²) in [6.07, 6.45) is 12.1. The van der Waals surface area contributed by atoms with Crippen molar-refractivity contribution >= 4 is 11.5 Å². The number of carbonyl (C=O) groups excluding carboxylic acids is 1. The summed E-state index contributed by atoms with van der Waals surface area (Å²) >= 11 is 0. The Bertz CT molecular complexity index is 421. The average molecular weight is 246 g/mol. The molecule has 3 rings (SSSR count). The van der Waals surface area contributed by atoms with Gasteiger partial charge in [-0.1, -0.05) is 6.08 Å². The van der Waals surface area contributed by atoms with Gasteiger partial charge in [0.25, 0.3) is 0 Å². The smallest absolute Gasteiger partial charge is 0.175 e. The Morgan fingerprint density at radius 1 is 1.33 bits per heavy atom. The maximum atomic E-state index is 12.0. The molecule has 3 aliphatic carbocycles. The fourth-order valence-electron chi connectivity index (χ4n) is 4.58. The van der Waals surface area contributed by atoms with Crippen LogP contribution in [0.1, 0.15) is 45.4 Å². The van der Waals surface area contributed by atoms with Crippen molar-refractivity contribution in [2.75, 3.05) is 7.05 Å². The number of nitrogens with zero attached hydrogens (tertiary/aromatic N) is 1. The van der Waals surface area contributed by atoms with Gasteiger partial charge >= 0.3 is 0 Å². The third-order valence-electron chi connectivity index (χ3n) is 5.36. The number of carbonyl (C=O) groups is 1. The van der Waals surface area contributed by atoms with Crippen molar-refractivity contribution < 1.29 is 9.37 Å². The van der Waals surface area contributed by atoms with Crippen LogP contribution in [0.5, 0.6) is 0 Å². The van der Waals surface area contributed by atoms with Crippen LogP contribution in [0.3, 0.4) is 0 Å². The molecule has 0 saturated heterocycles. The highest BCUT2D eigenvalue weighted by Gasteiger charge is 2.54. The van der Waals surface area contributed by atoms with Gasteiger partial charge in [-0.2, -0.15) is 0 Å². The molecule has 0 heterocycles. The second-order valence-electron chi connectivity index (χ2n) is 6.36. The van der Waals surface area contributed by atoms with Crippen LogP contribution >= 0.6 is 0 Å². The largest absolute Gasteiger partial charge is 0.299 e. The summed E-state index contributed by atoms with van der Waals surface area (Å²) in [6, 6.07) is 0.485. The summed E-state index contributed by atoms with van der Waals surface area (Å²) < 4.78 is 2.45. The van der Waals surface area contributed by atoms with Crippen LogP contribution in [0.15, 0.2) is 12.2 Å². The second-order valence-corrected chi connectivity index (χ2v) is 6.36. The lowest BCUT2D eigenvalue weighted by Gasteiger charge is -2.27. The number of allylic oxidation sites excluding steroid dienone is 2. The molecule has 0 aliphatic heterocycles. The minimum Gasteiger partial charge on any atom is -0.299 e. The molecule has 0 aromatic carbocycles. The quantitative estimate of drug-likeness (QED) is 0.686. The fourth-order valence-corrected chi connectivity index (χ4v) is 4.58. The molecule has 0 aromatic rings. The summed E-state index contributed by atoms with van der Waals surface area (Å²) in [5.74, 6) is 2.15. The van der Waals surface area contributed by atoms with Gasteiger partial charge in [-0.15, -0.1) is 0 Å². The molecule has 0 aromatic heterocycles. The zero-order valence-electron chi connectivity index (χ0n) is 11.6. The van der Waals surface area contributed by atoms with Gasteiger partial charge in [-0.25, -0.2) is 4.58 Å². The Balaban J connectivity index is 1.92. The Labute approximate surface area is 110 Å². The molecule has 2 nitrogen and oxygen atoms in total. The molecule has 4 atom stereocenters. The molecular formula is C16H24NO+. The third-order valence-corrected chi connectivity index (χ3v) is 5.36. The summed E-state index contributed by atoms with van der Waals surface area (Å²) in [5, 5.41) is 0. The van der Waals surface area contributed by atoms with Crippen LogP contribution in [-0.2, 0) is 4.79 Å². The number of hydrogen-bond donors (Lipinski definition) is 0. The van der Waals surface area contributed by atoms with E-state index in [0.29, 0.717) is 23.7 Å². The van der Waals surface area contributed by atoms with Crippen LogP contribution in [0, 0.1) is 17.8 Å². The summed E-state index contributed by atoms with van der Waals surface area (Å²) in [4.78, 5) is 12.0. The zero-order chi connectivity index (χ0) is 12.7. The molecular weight excluding hydrogens is 222 g/mol. The van der Waals surface area contributed by atoms with Gasteiger partial charge in [-0.05, 0) is 44.9 Å². The second kappa shape index (κ2) is 4.64. The molecule has 2 bridgehead atoms. The predicted octanol–water partition coefficient (Wildman–Crippen LogP) is 2.81. The van der Waals surface area contributed by atoms with E-state index in [0.717, 1.165) is 5.92 Å². The van der Waals surface area contributed by atoms with E-state index in [2.05, 4.69) is 23.8 Å². The number of rotatable bonds is 2. The van der Waals surface area contributed by atoms with Crippen LogP contribution in [0.2, 0.25) is 0 Å². The Hall–Kier alpha value is -0.920. The highest BCUT2D eigenvalue weighted by atomic mass is 16.1. The zero-order valence-corrected chi connectivity index (χ0v) is 11.6. The SMILES string of the molecule is CC(=O)C1C2CCC(C2)C1[N+](C)=C1C=CCCC1. The molecule has 4 unspecified atom stereocenters. The summed E-state index contributed by atoms with van der Waals surface area (Å²) in [7, 11) is 2.21. The molecule has 0 amide bonds. The van der Waals surface area contributed by atoms with Crippen molar-refractivity contribution in [2.24, 2.45) is 17.8 Å². The van der Waals surface area contributed by atoms with E-state index in [1.165, 1.54) is 44.2 Å². The topological polar surface area (TPSA) is 20.1 Å². The normalized spacial score (nSPS) is 41.2. The average Bonchev–Trinajstić information content (AvgIpc) is 2.99. The molecule has 2 heteroatoms. The van der Waals surface area contributed by atoms with Crippen LogP contribution < -0.4 is 0 Å². The van der Waals surface area contributed by atoms with Crippen LogP contribution in [0.4, 0.5) is 0 Å². The van der Waals surface area contributed by atoms with Crippen LogP contribution in [-0.4, -0.2) is 29.2 Å². The monoisotopic (exact) mass is 246 g/mol. The van der Waals surface area contributed by atoms with Gasteiger partial charge in [0.1, 0.15) is 12.8 Å². The molecule has 3 aliphatic rings. The molecule has 98 valence electrons. The van der Waals surface area contributed by atoms with Crippen molar-refractivity contribution in [1.29, 1.82) is 0 Å². The molecule has 18 heavy (non-hydrogen) atoms. The van der Waals surface area contributed by atoms with Gasteiger partial charge in [0, 0.05) is 18.4 Å². The highest BCUT2D eigenvalue weighted by Crippen LogP contribution is 2.50. The van der Waals surface area contributed by atoms with Gasteiger partial charge in [0.05, 0.1) is 5.92 Å². The number of ketones is 1. The first kappa shape index (κ1) is 12.1. The van der Waals surface area contributed by atoms with Gasteiger partial charge in [0.2, 0.25) is 0 Å². The van der Waals surface area contributed by atoms with Crippen molar-refractivity contribution in [1.82, 2.24) is 0 Å². The van der Waals surface area contributed by atoms with Crippen molar-refractivity contribution in [3.05, 3.63) is 12.2 Å². The summed E-state index contributed by atoms with van der Waals surface area (Å²) in [5.41, 5.74) is 1.45. The highest BCUT2D eigenvalue weighted by molar-refractivity contribution is 5.91. The molecule has 2 fully saturated rings. The Kier molecular flexibility index (Phi) is 3.13. The third kappa shape index (κ3) is 1.86. The van der Waals surface area contributed by atoms with E-state index in [-0.39, 0.29) is 0 Å². The first-order valence-corrected chi connectivity index (χ1v) is 7.44. The lowest BCUT2D eigenvalue weighted by molar-refractivity contribution is -0.552. The van der Waals surface area contributed by atoms with Gasteiger partial charge in [-0.3, -0.25) is 4.79 Å². The molecule has 0 N–H and O–H groups in total. The summed E-state index contributed by atoms with van der Waals surface area (Å²) in [6.45, 7) is 1.80. The number of fused-ring (bicyclic) bond motifs is 2. The first-order valence-electron chi connectivity index (χ1n) is 7.44. The first-order chi connectivity index (χ1) is 8.68. The molecule has 0 radical (unpaired) electrons. The van der Waals surface area contributed by atoms with Crippen molar-refractivity contribution in [3.63, 3.8) is 0 Å². The van der Waals surface area contributed by atoms with E-state index in [4.69, 9.17) is 0 Å². The molecule has 2 saturated carbocycles. The van der Waals surface area contributed by atoms with Crippen LogP contribution in [0.25, 0.3) is 0 Å². The van der Waals surface area contributed by atoms with E-state index < -0.39 is 0 Å². The minimum atomic E-state index is 0.302. The number of Topliss-reactive ketones (excluding diaryl/α,β-unsaturated/α-hetero) is 1. The van der Waals surface area contributed by atoms with Crippen molar-refractivity contribution in [2.45, 2.75) is 51.5 Å². The van der Waals surface area contributed by atoms with E-state index in [1.54, 1.807) is 6.92 Å². The lowest BCUT2D eigenvalue weighted by atomic mass is 9.81. The maximum Gasteiger partial charge on any atom is 0.175 e.